The number of carbonyl (C=O) groups excluding carboxylic acids is 2. The smallest absolute Gasteiger partial charge is 0.411 e. The number of rotatable bonds is 6. The summed E-state index contributed by atoms with van der Waals surface area (Å²) < 4.78 is 16.3. The zero-order valence-electron chi connectivity index (χ0n) is 16.4. The molecule has 0 aliphatic carbocycles. The Morgan fingerprint density at radius 2 is 2.19 bits per heavy atom. The molecule has 3 amide bonds. The molecule has 0 unspecified atom stereocenters. The second-order valence-corrected chi connectivity index (χ2v) is 7.46. The molecule has 0 saturated carbocycles. The molecule has 0 aromatic carbocycles. The van der Waals surface area contributed by atoms with Gasteiger partial charge in [-0.05, 0) is 27.2 Å². The summed E-state index contributed by atoms with van der Waals surface area (Å²) in [6.45, 7) is 8.46. The Hall–Kier alpha value is -2.36. The van der Waals surface area contributed by atoms with Gasteiger partial charge in [0.05, 0.1) is 13.2 Å². The van der Waals surface area contributed by atoms with Crippen LogP contribution in [0.15, 0.2) is 4.52 Å². The first-order valence-corrected chi connectivity index (χ1v) is 9.18. The summed E-state index contributed by atoms with van der Waals surface area (Å²) in [5, 5.41) is 6.62. The number of ether oxygens (including phenoxy) is 2. The third-order valence-electron chi connectivity index (χ3n) is 3.97. The van der Waals surface area contributed by atoms with Crippen LogP contribution in [0.2, 0.25) is 0 Å². The van der Waals surface area contributed by atoms with Crippen LogP contribution in [0, 0.1) is 0 Å². The Labute approximate surface area is 158 Å². The zero-order valence-corrected chi connectivity index (χ0v) is 16.4. The predicted molar refractivity (Wildman–Crippen MR) is 95.8 cm³/mol. The van der Waals surface area contributed by atoms with Crippen LogP contribution in [-0.2, 0) is 9.47 Å². The van der Waals surface area contributed by atoms with Crippen LogP contribution < -0.4 is 11.1 Å². The van der Waals surface area contributed by atoms with Gasteiger partial charge >= 0.3 is 12.1 Å². The molecule has 2 rings (SSSR count). The van der Waals surface area contributed by atoms with Crippen LogP contribution >= 0.6 is 0 Å². The summed E-state index contributed by atoms with van der Waals surface area (Å²) in [6.07, 6.45) is 1.97. The van der Waals surface area contributed by atoms with Gasteiger partial charge in [0.25, 0.3) is 0 Å². The Morgan fingerprint density at radius 3 is 2.81 bits per heavy atom. The average molecular weight is 383 g/mol. The Morgan fingerprint density at radius 1 is 1.44 bits per heavy atom. The normalized spacial score (nSPS) is 18.8. The summed E-state index contributed by atoms with van der Waals surface area (Å²) >= 11 is 0. The lowest BCUT2D eigenvalue weighted by Gasteiger charge is -2.34. The number of morpholine rings is 1. The SMILES string of the molecule is CCCC[C@@H](NC(N)=O)c1nc([C@H]2COCCN2C(=O)OC(C)(C)C)no1. The molecule has 0 radical (unpaired) electrons. The predicted octanol–water partition coefficient (Wildman–Crippen LogP) is 2.28. The van der Waals surface area contributed by atoms with E-state index in [1.165, 1.54) is 4.90 Å². The van der Waals surface area contributed by atoms with Crippen molar-refractivity contribution < 1.29 is 23.6 Å². The van der Waals surface area contributed by atoms with Gasteiger partial charge in [0.2, 0.25) is 5.89 Å². The minimum atomic E-state index is -0.660. The van der Waals surface area contributed by atoms with Gasteiger partial charge in [-0.2, -0.15) is 4.98 Å². The molecule has 3 N–H and O–H groups in total. The maximum absolute atomic E-state index is 12.5. The van der Waals surface area contributed by atoms with E-state index in [-0.39, 0.29) is 12.5 Å². The van der Waals surface area contributed by atoms with Crippen LogP contribution in [0.25, 0.3) is 0 Å². The molecule has 27 heavy (non-hydrogen) atoms. The highest BCUT2D eigenvalue weighted by atomic mass is 16.6. The fraction of sp³-hybridized carbons (Fsp3) is 0.765. The molecule has 10 heteroatoms. The van der Waals surface area contributed by atoms with Crippen molar-refractivity contribution in [1.29, 1.82) is 0 Å². The first-order valence-electron chi connectivity index (χ1n) is 9.18. The fourth-order valence-electron chi connectivity index (χ4n) is 2.72. The van der Waals surface area contributed by atoms with Gasteiger partial charge in [-0.25, -0.2) is 9.59 Å². The minimum Gasteiger partial charge on any atom is -0.444 e. The quantitative estimate of drug-likeness (QED) is 0.770. The number of aromatic nitrogens is 2. The van der Waals surface area contributed by atoms with Gasteiger partial charge in [-0.1, -0.05) is 24.9 Å². The van der Waals surface area contributed by atoms with Crippen LogP contribution in [0.5, 0.6) is 0 Å². The molecular weight excluding hydrogens is 354 g/mol. The van der Waals surface area contributed by atoms with Crippen LogP contribution in [0.1, 0.15) is 70.8 Å². The largest absolute Gasteiger partial charge is 0.444 e. The lowest BCUT2D eigenvalue weighted by atomic mass is 10.1. The lowest BCUT2D eigenvalue weighted by Crippen LogP contribution is -2.46. The summed E-state index contributed by atoms with van der Waals surface area (Å²) in [4.78, 5) is 29.7. The highest BCUT2D eigenvalue weighted by molar-refractivity contribution is 5.72. The summed E-state index contributed by atoms with van der Waals surface area (Å²) in [5.41, 5.74) is 4.63. The number of hydrogen-bond acceptors (Lipinski definition) is 7. The number of nitrogens with one attached hydrogen (secondary N) is 1. The number of urea groups is 1. The van der Waals surface area contributed by atoms with Crippen molar-refractivity contribution in [3.63, 3.8) is 0 Å². The zero-order chi connectivity index (χ0) is 20.0. The fourth-order valence-corrected chi connectivity index (χ4v) is 2.72. The average Bonchev–Trinajstić information content (AvgIpc) is 3.06. The monoisotopic (exact) mass is 383 g/mol. The van der Waals surface area contributed by atoms with Crippen molar-refractivity contribution in [1.82, 2.24) is 20.4 Å². The number of hydrogen-bond donors (Lipinski definition) is 2. The number of carbonyl (C=O) groups is 2. The first-order chi connectivity index (χ1) is 12.7. The molecule has 10 nitrogen and oxygen atoms in total. The van der Waals surface area contributed by atoms with Gasteiger partial charge in [0, 0.05) is 6.54 Å². The summed E-state index contributed by atoms with van der Waals surface area (Å²) in [5.74, 6) is 0.565. The van der Waals surface area contributed by atoms with Crippen LogP contribution in [0.3, 0.4) is 0 Å². The summed E-state index contributed by atoms with van der Waals surface area (Å²) in [7, 11) is 0. The molecule has 1 aromatic rings. The van der Waals surface area contributed by atoms with Crippen LogP contribution in [-0.4, -0.2) is 52.5 Å². The molecule has 1 aliphatic rings. The Kier molecular flexibility index (Phi) is 7.00. The van der Waals surface area contributed by atoms with E-state index in [9.17, 15) is 9.59 Å². The van der Waals surface area contributed by atoms with Gasteiger partial charge < -0.3 is 25.0 Å². The van der Waals surface area contributed by atoms with E-state index in [0.29, 0.717) is 25.4 Å². The van der Waals surface area contributed by atoms with Crippen molar-refractivity contribution in [2.45, 2.75) is 64.6 Å². The van der Waals surface area contributed by atoms with E-state index in [1.54, 1.807) is 20.8 Å². The molecule has 152 valence electrons. The van der Waals surface area contributed by atoms with Crippen molar-refractivity contribution in [2.24, 2.45) is 5.73 Å². The highest BCUT2D eigenvalue weighted by Gasteiger charge is 2.35. The van der Waals surface area contributed by atoms with E-state index in [0.717, 1.165) is 12.8 Å². The summed E-state index contributed by atoms with van der Waals surface area (Å²) in [6, 6.07) is -1.65. The van der Waals surface area contributed by atoms with Gasteiger partial charge in [0.1, 0.15) is 17.7 Å². The van der Waals surface area contributed by atoms with Gasteiger partial charge in [0.15, 0.2) is 5.82 Å². The highest BCUT2D eigenvalue weighted by Crippen LogP contribution is 2.26. The Balaban J connectivity index is 2.17. The third kappa shape index (κ3) is 6.09. The van der Waals surface area contributed by atoms with Crippen LogP contribution in [0.4, 0.5) is 9.59 Å². The van der Waals surface area contributed by atoms with E-state index >= 15 is 0 Å². The van der Waals surface area contributed by atoms with E-state index in [4.69, 9.17) is 19.7 Å². The second-order valence-electron chi connectivity index (χ2n) is 7.46. The van der Waals surface area contributed by atoms with Gasteiger partial charge in [-0.15, -0.1) is 0 Å². The lowest BCUT2D eigenvalue weighted by molar-refractivity contribution is -0.0354. The molecule has 0 bridgehead atoms. The number of amides is 3. The topological polar surface area (TPSA) is 133 Å². The Bertz CT molecular complexity index is 642. The molecule has 1 aliphatic heterocycles. The molecule has 1 saturated heterocycles. The standard InChI is InChI=1S/C17H29N5O5/c1-5-6-7-11(19-15(18)23)14-20-13(21-27-14)12-10-25-9-8-22(12)16(24)26-17(2,3)4/h11-12H,5-10H2,1-4H3,(H3,18,19,23)/t11-,12-/m1/s1. The maximum Gasteiger partial charge on any atom is 0.411 e. The number of nitrogens with zero attached hydrogens (tertiary/aromatic N) is 3. The molecule has 1 fully saturated rings. The van der Waals surface area contributed by atoms with E-state index < -0.39 is 29.8 Å². The number of primary amides is 1. The van der Waals surface area contributed by atoms with Crippen molar-refractivity contribution in [3.05, 3.63) is 11.7 Å². The second kappa shape index (κ2) is 9.03. The van der Waals surface area contributed by atoms with E-state index in [1.807, 2.05) is 6.92 Å². The van der Waals surface area contributed by atoms with Crippen molar-refractivity contribution >= 4 is 12.1 Å². The van der Waals surface area contributed by atoms with E-state index in [2.05, 4.69) is 15.5 Å². The van der Waals surface area contributed by atoms with Crippen molar-refractivity contribution in [3.8, 4) is 0 Å². The maximum atomic E-state index is 12.5. The molecule has 1 aromatic heterocycles. The molecule has 2 atom stereocenters. The molecular formula is C17H29N5O5. The number of unbranched alkanes of at least 4 members (excludes halogenated alkanes) is 1. The van der Waals surface area contributed by atoms with Gasteiger partial charge in [-0.3, -0.25) is 4.90 Å². The first kappa shape index (κ1) is 20.9. The molecule has 2 heterocycles. The van der Waals surface area contributed by atoms with Crippen molar-refractivity contribution in [2.75, 3.05) is 19.8 Å². The third-order valence-corrected chi connectivity index (χ3v) is 3.97. The minimum absolute atomic E-state index is 0.237. The molecule has 0 spiro atoms. The number of nitrogens with two attached hydrogens (primary N) is 1.